The number of rotatable bonds is 4. The number of imide groups is 1. The number of hydrogen-bond donors (Lipinski definition) is 1. The quantitative estimate of drug-likeness (QED) is 0.751. The second kappa shape index (κ2) is 6.47. The average molecular weight is 316 g/mol. The standard InChI is InChI=1S/C16H20N4O3/c17-14(21)11-18-6-8-19(9-7-18)13-10-15(22)20(16(13)23)12-4-2-1-3-5-12/h1-5,13H,6-11H2,(H2,17,21)/t13-/m1/s1. The smallest absolute Gasteiger partial charge is 0.251 e. The van der Waals surface area contributed by atoms with Gasteiger partial charge in [-0.05, 0) is 12.1 Å². The van der Waals surface area contributed by atoms with Gasteiger partial charge in [-0.1, -0.05) is 18.2 Å². The molecule has 1 atom stereocenters. The van der Waals surface area contributed by atoms with E-state index >= 15 is 0 Å². The molecule has 7 nitrogen and oxygen atoms in total. The summed E-state index contributed by atoms with van der Waals surface area (Å²) in [5.74, 6) is -0.670. The first-order chi connectivity index (χ1) is 11.1. The first kappa shape index (κ1) is 15.6. The van der Waals surface area contributed by atoms with Gasteiger partial charge in [0.15, 0.2) is 0 Å². The van der Waals surface area contributed by atoms with E-state index in [1.54, 1.807) is 12.1 Å². The molecule has 0 spiro atoms. The van der Waals surface area contributed by atoms with Crippen LogP contribution in [0.15, 0.2) is 30.3 Å². The fraction of sp³-hybridized carbons (Fsp3) is 0.438. The molecule has 0 aromatic heterocycles. The van der Waals surface area contributed by atoms with Crippen LogP contribution in [0.25, 0.3) is 0 Å². The Labute approximate surface area is 134 Å². The van der Waals surface area contributed by atoms with Crippen molar-refractivity contribution < 1.29 is 14.4 Å². The number of nitrogens with two attached hydrogens (primary N) is 1. The van der Waals surface area contributed by atoms with Crippen molar-refractivity contribution in [3.8, 4) is 0 Å². The van der Waals surface area contributed by atoms with Crippen molar-refractivity contribution in [2.45, 2.75) is 12.5 Å². The van der Waals surface area contributed by atoms with Gasteiger partial charge in [0.25, 0.3) is 5.91 Å². The summed E-state index contributed by atoms with van der Waals surface area (Å²) in [5.41, 5.74) is 5.83. The number of carbonyl (C=O) groups excluding carboxylic acids is 3. The molecule has 0 bridgehead atoms. The maximum Gasteiger partial charge on any atom is 0.251 e. The van der Waals surface area contributed by atoms with Gasteiger partial charge >= 0.3 is 0 Å². The molecule has 2 heterocycles. The van der Waals surface area contributed by atoms with Crippen molar-refractivity contribution in [3.05, 3.63) is 30.3 Å². The van der Waals surface area contributed by atoms with Crippen molar-refractivity contribution in [1.82, 2.24) is 9.80 Å². The molecule has 7 heteroatoms. The van der Waals surface area contributed by atoms with E-state index in [2.05, 4.69) is 0 Å². The lowest BCUT2D eigenvalue weighted by Crippen LogP contribution is -2.53. The molecule has 3 amide bonds. The first-order valence-corrected chi connectivity index (χ1v) is 7.73. The molecule has 0 unspecified atom stereocenters. The lowest BCUT2D eigenvalue weighted by atomic mass is 10.1. The zero-order chi connectivity index (χ0) is 16.4. The van der Waals surface area contributed by atoms with Crippen molar-refractivity contribution in [2.24, 2.45) is 5.73 Å². The molecule has 0 radical (unpaired) electrons. The molecule has 2 N–H and O–H groups in total. The van der Waals surface area contributed by atoms with Crippen LogP contribution < -0.4 is 10.6 Å². The number of carbonyl (C=O) groups is 3. The topological polar surface area (TPSA) is 87.0 Å². The number of anilines is 1. The fourth-order valence-electron chi connectivity index (χ4n) is 3.20. The zero-order valence-electron chi connectivity index (χ0n) is 12.9. The lowest BCUT2D eigenvalue weighted by Gasteiger charge is -2.36. The van der Waals surface area contributed by atoms with Crippen LogP contribution in [0.1, 0.15) is 6.42 Å². The second-order valence-corrected chi connectivity index (χ2v) is 5.90. The number of benzene rings is 1. The molecule has 1 aromatic rings. The van der Waals surface area contributed by atoms with Crippen molar-refractivity contribution in [1.29, 1.82) is 0 Å². The third-order valence-electron chi connectivity index (χ3n) is 4.36. The number of hydrogen-bond acceptors (Lipinski definition) is 5. The molecule has 2 saturated heterocycles. The van der Waals surface area contributed by atoms with Gasteiger partial charge in [0.1, 0.15) is 0 Å². The highest BCUT2D eigenvalue weighted by atomic mass is 16.2. The van der Waals surface area contributed by atoms with Crippen LogP contribution in [0.5, 0.6) is 0 Å². The molecule has 122 valence electrons. The third-order valence-corrected chi connectivity index (χ3v) is 4.36. The molecule has 23 heavy (non-hydrogen) atoms. The van der Waals surface area contributed by atoms with Gasteiger partial charge in [0.05, 0.1) is 24.7 Å². The van der Waals surface area contributed by atoms with E-state index in [9.17, 15) is 14.4 Å². The molecular formula is C16H20N4O3. The highest BCUT2D eigenvalue weighted by molar-refractivity contribution is 6.22. The summed E-state index contributed by atoms with van der Waals surface area (Å²) in [6.45, 7) is 2.89. The summed E-state index contributed by atoms with van der Waals surface area (Å²) in [5, 5.41) is 0. The van der Waals surface area contributed by atoms with Crippen molar-refractivity contribution in [2.75, 3.05) is 37.6 Å². The monoisotopic (exact) mass is 316 g/mol. The van der Waals surface area contributed by atoms with E-state index in [0.717, 1.165) is 0 Å². The van der Waals surface area contributed by atoms with Crippen LogP contribution in [0, 0.1) is 0 Å². The van der Waals surface area contributed by atoms with E-state index in [0.29, 0.717) is 31.9 Å². The van der Waals surface area contributed by atoms with E-state index in [-0.39, 0.29) is 30.7 Å². The minimum absolute atomic E-state index is 0.161. The zero-order valence-corrected chi connectivity index (χ0v) is 12.9. The fourth-order valence-corrected chi connectivity index (χ4v) is 3.20. The average Bonchev–Trinajstić information content (AvgIpc) is 2.83. The summed E-state index contributed by atoms with van der Waals surface area (Å²) in [7, 11) is 0. The largest absolute Gasteiger partial charge is 0.369 e. The Bertz CT molecular complexity index is 611. The van der Waals surface area contributed by atoms with Gasteiger partial charge in [0.2, 0.25) is 11.8 Å². The number of primary amides is 1. The molecule has 2 aliphatic heterocycles. The van der Waals surface area contributed by atoms with Gasteiger partial charge in [-0.25, -0.2) is 4.90 Å². The van der Waals surface area contributed by atoms with Crippen molar-refractivity contribution in [3.63, 3.8) is 0 Å². The van der Waals surface area contributed by atoms with Gasteiger partial charge < -0.3 is 5.73 Å². The van der Waals surface area contributed by atoms with Gasteiger partial charge in [0, 0.05) is 26.2 Å². The predicted octanol–water partition coefficient (Wildman–Crippen LogP) is -0.579. The number of nitrogens with zero attached hydrogens (tertiary/aromatic N) is 3. The Balaban J connectivity index is 1.65. The molecule has 0 aliphatic carbocycles. The van der Waals surface area contributed by atoms with Crippen LogP contribution in [-0.4, -0.2) is 66.3 Å². The normalized spacial score (nSPS) is 23.5. The minimum Gasteiger partial charge on any atom is -0.369 e. The van der Waals surface area contributed by atoms with Crippen LogP contribution in [-0.2, 0) is 14.4 Å². The minimum atomic E-state index is -0.404. The van der Waals surface area contributed by atoms with Gasteiger partial charge in [-0.2, -0.15) is 0 Å². The predicted molar refractivity (Wildman–Crippen MR) is 84.5 cm³/mol. The number of amides is 3. The van der Waals surface area contributed by atoms with Crippen LogP contribution in [0.2, 0.25) is 0 Å². The Kier molecular flexibility index (Phi) is 4.40. The summed E-state index contributed by atoms with van der Waals surface area (Å²) < 4.78 is 0. The lowest BCUT2D eigenvalue weighted by molar-refractivity contribution is -0.124. The summed E-state index contributed by atoms with van der Waals surface area (Å²) in [6, 6.07) is 8.60. The Hall–Kier alpha value is -2.25. The summed E-state index contributed by atoms with van der Waals surface area (Å²) >= 11 is 0. The van der Waals surface area contributed by atoms with Crippen LogP contribution >= 0.6 is 0 Å². The Morgan fingerprint density at radius 2 is 1.74 bits per heavy atom. The van der Waals surface area contributed by atoms with Gasteiger partial charge in [-0.3, -0.25) is 24.2 Å². The highest BCUT2D eigenvalue weighted by Gasteiger charge is 2.43. The van der Waals surface area contributed by atoms with E-state index < -0.39 is 6.04 Å². The summed E-state index contributed by atoms with van der Waals surface area (Å²) in [6.07, 6.45) is 0.212. The molecule has 2 aliphatic rings. The first-order valence-electron chi connectivity index (χ1n) is 7.73. The maximum absolute atomic E-state index is 12.7. The van der Waals surface area contributed by atoms with Crippen molar-refractivity contribution >= 4 is 23.4 Å². The number of piperazine rings is 1. The molecule has 0 saturated carbocycles. The molecular weight excluding hydrogens is 296 g/mol. The third kappa shape index (κ3) is 3.25. The summed E-state index contributed by atoms with van der Waals surface area (Å²) in [4.78, 5) is 41.1. The Morgan fingerprint density at radius 1 is 1.09 bits per heavy atom. The molecule has 3 rings (SSSR count). The van der Waals surface area contributed by atoms with E-state index in [1.165, 1.54) is 4.90 Å². The van der Waals surface area contributed by atoms with Crippen LogP contribution in [0.3, 0.4) is 0 Å². The Morgan fingerprint density at radius 3 is 2.35 bits per heavy atom. The van der Waals surface area contributed by atoms with Crippen LogP contribution in [0.4, 0.5) is 5.69 Å². The SMILES string of the molecule is NC(=O)CN1CCN([C@@H]2CC(=O)N(c3ccccc3)C2=O)CC1. The number of para-hydroxylation sites is 1. The molecule has 1 aromatic carbocycles. The van der Waals surface area contributed by atoms with E-state index in [4.69, 9.17) is 5.73 Å². The second-order valence-electron chi connectivity index (χ2n) is 5.90. The van der Waals surface area contributed by atoms with E-state index in [1.807, 2.05) is 28.0 Å². The highest BCUT2D eigenvalue weighted by Crippen LogP contribution is 2.25. The maximum atomic E-state index is 12.7. The molecule has 2 fully saturated rings. The van der Waals surface area contributed by atoms with Gasteiger partial charge in [-0.15, -0.1) is 0 Å².